The van der Waals surface area contributed by atoms with Crippen LogP contribution in [-0.4, -0.2) is 96.7 Å². The van der Waals surface area contributed by atoms with Gasteiger partial charge in [0, 0.05) is 25.7 Å². The van der Waals surface area contributed by atoms with Crippen molar-refractivity contribution in [2.45, 2.75) is 439 Å². The van der Waals surface area contributed by atoms with Crippen LogP contribution in [0.4, 0.5) is 0 Å². The van der Waals surface area contributed by atoms with Gasteiger partial charge in [-0.1, -0.05) is 368 Å². The largest absolute Gasteiger partial charge is 0.472 e. The van der Waals surface area contributed by atoms with Crippen LogP contribution in [0.15, 0.2) is 24.3 Å². The average Bonchev–Trinajstić information content (AvgIpc) is 0.914. The maximum absolute atomic E-state index is 13.1. The first-order valence-corrected chi connectivity index (χ1v) is 46.2. The highest BCUT2D eigenvalue weighted by molar-refractivity contribution is 7.47. The lowest BCUT2D eigenvalue weighted by atomic mass is 9.99. The Balaban J connectivity index is 5.28. The third-order valence-electron chi connectivity index (χ3n) is 20.0. The van der Waals surface area contributed by atoms with E-state index in [1.165, 1.54) is 212 Å². The summed E-state index contributed by atoms with van der Waals surface area (Å²) in [6, 6.07) is 0. The number of rotatable bonds is 81. The zero-order chi connectivity index (χ0) is 76.5. The number of allylic oxidation sites excluding steroid dienone is 4. The molecular weight excluding hydrogens is 1350 g/mol. The predicted molar refractivity (Wildman–Crippen MR) is 427 cm³/mol. The second-order valence-electron chi connectivity index (χ2n) is 30.8. The van der Waals surface area contributed by atoms with Crippen molar-refractivity contribution in [2.75, 3.05) is 39.6 Å². The average molecular weight is 1520 g/mol. The first-order chi connectivity index (χ1) is 50.3. The van der Waals surface area contributed by atoms with Gasteiger partial charge < -0.3 is 33.8 Å². The second kappa shape index (κ2) is 74.6. The topological polar surface area (TPSA) is 237 Å². The van der Waals surface area contributed by atoms with Gasteiger partial charge in [0.2, 0.25) is 0 Å². The van der Waals surface area contributed by atoms with Crippen LogP contribution in [0.5, 0.6) is 0 Å². The smallest absolute Gasteiger partial charge is 0.462 e. The molecule has 0 aliphatic heterocycles. The number of esters is 4. The van der Waals surface area contributed by atoms with Crippen LogP contribution in [-0.2, 0) is 65.4 Å². The number of hydrogen-bond acceptors (Lipinski definition) is 15. The Bertz CT molecular complexity index is 2110. The summed E-state index contributed by atoms with van der Waals surface area (Å²) in [6.07, 6.45) is 67.3. The standard InChI is InChI=1S/C85H162O17P2/c1-8-11-12-13-14-15-16-17-22-26-29-38-45-52-59-66-82(87)95-72-80(101-84(89)68-61-54-47-40-30-27-24-21-19-18-20-23-25-28-36-43-50-57-64-77(6)9-2)74-99-103(91,92)97-70-79(86)71-98-104(93,94)100-75-81(73-96-83(88)67-60-53-46-39-33-31-35-42-49-56-63-76(4)5)102-85(90)69-62-55-48-41-34-32-37-44-51-58-65-78(7)10-3/h15-17,22,76-81,86H,8-14,18-21,23-75H2,1-7H3,(H,91,92)(H,93,94)/b16-15-,22-17-/t77?,78?,79-,80-,81-/m1/s1. The molecule has 104 heavy (non-hydrogen) atoms. The van der Waals surface area contributed by atoms with Gasteiger partial charge in [0.25, 0.3) is 0 Å². The van der Waals surface area contributed by atoms with E-state index in [0.29, 0.717) is 25.7 Å². The number of hydrogen-bond donors (Lipinski definition) is 3. The Kier molecular flexibility index (Phi) is 72.9. The van der Waals surface area contributed by atoms with Crippen molar-refractivity contribution in [3.63, 3.8) is 0 Å². The molecule has 0 fully saturated rings. The fourth-order valence-electron chi connectivity index (χ4n) is 12.6. The minimum Gasteiger partial charge on any atom is -0.462 e. The van der Waals surface area contributed by atoms with E-state index in [0.717, 1.165) is 127 Å². The van der Waals surface area contributed by atoms with Crippen LogP contribution < -0.4 is 0 Å². The third-order valence-corrected chi connectivity index (χ3v) is 21.9. The van der Waals surface area contributed by atoms with Crippen molar-refractivity contribution in [3.8, 4) is 0 Å². The number of ether oxygens (including phenoxy) is 4. The van der Waals surface area contributed by atoms with Gasteiger partial charge >= 0.3 is 39.5 Å². The molecule has 0 aliphatic carbocycles. The molecule has 17 nitrogen and oxygen atoms in total. The van der Waals surface area contributed by atoms with Gasteiger partial charge in [0.05, 0.1) is 26.4 Å². The number of carbonyl (C=O) groups excluding carboxylic acids is 4. The number of unbranched alkanes of at least 4 members (excludes halogenated alkanes) is 44. The fourth-order valence-corrected chi connectivity index (χ4v) is 14.2. The molecule has 0 rings (SSSR count). The molecule has 0 heterocycles. The molecule has 0 aromatic rings. The van der Waals surface area contributed by atoms with Gasteiger partial charge in [0.15, 0.2) is 12.2 Å². The van der Waals surface area contributed by atoms with Crippen LogP contribution >= 0.6 is 15.6 Å². The Hall–Kier alpha value is -2.46. The minimum absolute atomic E-state index is 0.101. The maximum atomic E-state index is 13.1. The van der Waals surface area contributed by atoms with Crippen molar-refractivity contribution >= 4 is 39.5 Å². The number of phosphoric ester groups is 2. The van der Waals surface area contributed by atoms with Crippen molar-refractivity contribution < 1.29 is 80.2 Å². The summed E-state index contributed by atoms with van der Waals surface area (Å²) in [5, 5.41) is 10.7. The molecular formula is C85H162O17P2. The van der Waals surface area contributed by atoms with Crippen molar-refractivity contribution in [1.29, 1.82) is 0 Å². The van der Waals surface area contributed by atoms with Crippen molar-refractivity contribution in [1.82, 2.24) is 0 Å². The normalized spacial score (nSPS) is 14.6. The van der Waals surface area contributed by atoms with Crippen LogP contribution in [0.3, 0.4) is 0 Å². The second-order valence-corrected chi connectivity index (χ2v) is 33.8. The first kappa shape index (κ1) is 102. The van der Waals surface area contributed by atoms with E-state index >= 15 is 0 Å². The summed E-state index contributed by atoms with van der Waals surface area (Å²) in [6.45, 7) is 12.0. The number of carbonyl (C=O) groups is 4. The zero-order valence-corrected chi connectivity index (χ0v) is 69.8. The van der Waals surface area contributed by atoms with Crippen LogP contribution in [0.25, 0.3) is 0 Å². The Morgan fingerprint density at radius 2 is 0.567 bits per heavy atom. The highest BCUT2D eigenvalue weighted by Gasteiger charge is 2.30. The van der Waals surface area contributed by atoms with E-state index in [1.807, 2.05) is 0 Å². The van der Waals surface area contributed by atoms with Gasteiger partial charge in [-0.15, -0.1) is 0 Å². The summed E-state index contributed by atoms with van der Waals surface area (Å²) >= 11 is 0. The van der Waals surface area contributed by atoms with E-state index in [4.69, 9.17) is 37.0 Å². The monoisotopic (exact) mass is 1520 g/mol. The molecule has 0 aromatic carbocycles. The predicted octanol–water partition coefficient (Wildman–Crippen LogP) is 25.3. The van der Waals surface area contributed by atoms with Crippen LogP contribution in [0.1, 0.15) is 421 Å². The fraction of sp³-hybridized carbons (Fsp3) is 0.906. The maximum Gasteiger partial charge on any atom is 0.472 e. The van der Waals surface area contributed by atoms with Crippen molar-refractivity contribution in [2.24, 2.45) is 17.8 Å². The van der Waals surface area contributed by atoms with E-state index in [-0.39, 0.29) is 25.7 Å². The summed E-state index contributed by atoms with van der Waals surface area (Å²) in [5.74, 6) is 0.291. The Morgan fingerprint density at radius 3 is 0.856 bits per heavy atom. The number of aliphatic hydroxyl groups is 1. The Labute approximate surface area is 637 Å². The number of aliphatic hydroxyl groups excluding tert-OH is 1. The van der Waals surface area contributed by atoms with Crippen molar-refractivity contribution in [3.05, 3.63) is 24.3 Å². The highest BCUT2D eigenvalue weighted by atomic mass is 31.2. The van der Waals surface area contributed by atoms with Gasteiger partial charge in [-0.25, -0.2) is 9.13 Å². The quantitative estimate of drug-likeness (QED) is 0.0169. The molecule has 3 N–H and O–H groups in total. The van der Waals surface area contributed by atoms with Crippen LogP contribution in [0.2, 0.25) is 0 Å². The van der Waals surface area contributed by atoms with Gasteiger partial charge in [-0.3, -0.25) is 37.3 Å². The lowest BCUT2D eigenvalue weighted by Gasteiger charge is -2.21. The van der Waals surface area contributed by atoms with E-state index in [2.05, 4.69) is 72.8 Å². The summed E-state index contributed by atoms with van der Waals surface area (Å²) in [5.41, 5.74) is 0. The molecule has 0 aromatic heterocycles. The molecule has 0 spiro atoms. The molecule has 0 saturated carbocycles. The van der Waals surface area contributed by atoms with E-state index < -0.39 is 97.5 Å². The molecule has 0 radical (unpaired) electrons. The van der Waals surface area contributed by atoms with Gasteiger partial charge in [-0.2, -0.15) is 0 Å². The summed E-state index contributed by atoms with van der Waals surface area (Å²) in [7, 11) is -9.94. The first-order valence-electron chi connectivity index (χ1n) is 43.2. The summed E-state index contributed by atoms with van der Waals surface area (Å²) in [4.78, 5) is 73.2. The number of phosphoric acid groups is 2. The van der Waals surface area contributed by atoms with Gasteiger partial charge in [0.1, 0.15) is 19.3 Å². The molecule has 614 valence electrons. The minimum atomic E-state index is -4.97. The molecule has 0 saturated heterocycles. The van der Waals surface area contributed by atoms with E-state index in [1.54, 1.807) is 0 Å². The molecule has 0 amide bonds. The lowest BCUT2D eigenvalue weighted by Crippen LogP contribution is -2.30. The highest BCUT2D eigenvalue weighted by Crippen LogP contribution is 2.45. The molecule has 19 heteroatoms. The van der Waals surface area contributed by atoms with E-state index in [9.17, 15) is 43.2 Å². The zero-order valence-electron chi connectivity index (χ0n) is 68.0. The third kappa shape index (κ3) is 75.0. The molecule has 0 aliphatic rings. The molecule has 7 atom stereocenters. The van der Waals surface area contributed by atoms with Gasteiger partial charge in [-0.05, 0) is 69.1 Å². The SMILES string of the molecule is CCCCCC/C=C\C=C/CCCCCCCC(=O)OC[C@H](COP(=O)(O)OC[C@@H](O)COP(=O)(O)OC[C@@H](COC(=O)CCCCCCCCCCCCC(C)C)OC(=O)CCCCCCCCCCCCC(C)CC)OC(=O)CCCCCCCCCCCCCCCCCCCCC(C)CC. The molecule has 0 bridgehead atoms. The Morgan fingerprint density at radius 1 is 0.317 bits per heavy atom. The van der Waals surface area contributed by atoms with Crippen LogP contribution in [0, 0.1) is 17.8 Å². The summed E-state index contributed by atoms with van der Waals surface area (Å²) < 4.78 is 68.8. The molecule has 4 unspecified atom stereocenters. The lowest BCUT2D eigenvalue weighted by molar-refractivity contribution is -0.161.